The zero-order valence-electron chi connectivity index (χ0n) is 12.6. The third kappa shape index (κ3) is 5.05. The highest BCUT2D eigenvalue weighted by Crippen LogP contribution is 2.26. The molecule has 6 nitrogen and oxygen atoms in total. The topological polar surface area (TPSA) is 98.5 Å². The highest BCUT2D eigenvalue weighted by molar-refractivity contribution is 7.91. The Morgan fingerprint density at radius 2 is 2.14 bits per heavy atom. The summed E-state index contributed by atoms with van der Waals surface area (Å²) in [6.07, 6.45) is 4.71. The Kier molecular flexibility index (Phi) is 5.96. The Labute approximate surface area is 135 Å². The molecule has 3 N–H and O–H groups in total. The molecule has 0 radical (unpaired) electrons. The maximum Gasteiger partial charge on any atom is 0.247 e. The molecule has 0 unspecified atom stereocenters. The predicted octanol–water partition coefficient (Wildman–Crippen LogP) is 1.61. The SMILES string of the molecule is C[C@H]1CCCC[C@@H]1OCC(=O)NCc1ccc(S(N)(=O)=O)s1. The number of carbonyl (C=O) groups is 1. The van der Waals surface area contributed by atoms with Gasteiger partial charge in [0, 0.05) is 4.88 Å². The lowest BCUT2D eigenvalue weighted by Crippen LogP contribution is -2.32. The molecular formula is C14H22N2O4S2. The van der Waals surface area contributed by atoms with Crippen LogP contribution in [0.4, 0.5) is 0 Å². The highest BCUT2D eigenvalue weighted by Gasteiger charge is 2.22. The van der Waals surface area contributed by atoms with Crippen molar-refractivity contribution in [1.29, 1.82) is 0 Å². The van der Waals surface area contributed by atoms with E-state index in [0.29, 0.717) is 5.92 Å². The standard InChI is InChI=1S/C14H22N2O4S2/c1-10-4-2-3-5-12(10)20-9-13(17)16-8-11-6-7-14(21-11)22(15,18)19/h6-7,10,12H,2-5,8-9H2,1H3,(H,16,17)(H2,15,18,19)/t10-,12-/m0/s1. The van der Waals surface area contributed by atoms with Crippen LogP contribution in [0.5, 0.6) is 0 Å². The van der Waals surface area contributed by atoms with Gasteiger partial charge in [-0.3, -0.25) is 4.79 Å². The third-order valence-electron chi connectivity index (χ3n) is 3.84. The van der Waals surface area contributed by atoms with Gasteiger partial charge in [-0.15, -0.1) is 11.3 Å². The van der Waals surface area contributed by atoms with Gasteiger partial charge in [-0.2, -0.15) is 0 Å². The van der Waals surface area contributed by atoms with Crippen molar-refractivity contribution in [3.8, 4) is 0 Å². The molecule has 2 rings (SSSR count). The number of primary sulfonamides is 1. The first-order valence-electron chi connectivity index (χ1n) is 7.36. The van der Waals surface area contributed by atoms with Crippen LogP contribution in [0.2, 0.25) is 0 Å². The number of thiophene rings is 1. The fourth-order valence-corrected chi connectivity index (χ4v) is 4.27. The lowest BCUT2D eigenvalue weighted by molar-refractivity contribution is -0.129. The maximum atomic E-state index is 11.8. The summed E-state index contributed by atoms with van der Waals surface area (Å²) in [5.74, 6) is 0.305. The summed E-state index contributed by atoms with van der Waals surface area (Å²) in [5.41, 5.74) is 0. The van der Waals surface area contributed by atoms with Gasteiger partial charge in [0.05, 0.1) is 12.6 Å². The van der Waals surface area contributed by atoms with Crippen LogP contribution in [0.15, 0.2) is 16.3 Å². The molecule has 1 aromatic rings. The van der Waals surface area contributed by atoms with Crippen LogP contribution >= 0.6 is 11.3 Å². The van der Waals surface area contributed by atoms with E-state index in [1.807, 2.05) is 0 Å². The second kappa shape index (κ2) is 7.54. The summed E-state index contributed by atoms with van der Waals surface area (Å²) in [7, 11) is -3.67. The molecular weight excluding hydrogens is 324 g/mol. The lowest BCUT2D eigenvalue weighted by Gasteiger charge is -2.28. The maximum absolute atomic E-state index is 11.8. The van der Waals surface area contributed by atoms with Crippen LogP contribution in [0.3, 0.4) is 0 Å². The van der Waals surface area contributed by atoms with Crippen LogP contribution < -0.4 is 10.5 Å². The van der Waals surface area contributed by atoms with Crippen molar-refractivity contribution >= 4 is 27.3 Å². The fraction of sp³-hybridized carbons (Fsp3) is 0.643. The average molecular weight is 346 g/mol. The number of hydrogen-bond acceptors (Lipinski definition) is 5. The van der Waals surface area contributed by atoms with Crippen molar-refractivity contribution in [3.05, 3.63) is 17.0 Å². The van der Waals surface area contributed by atoms with E-state index in [-0.39, 0.29) is 29.4 Å². The zero-order chi connectivity index (χ0) is 16.2. The van der Waals surface area contributed by atoms with E-state index in [9.17, 15) is 13.2 Å². The largest absolute Gasteiger partial charge is 0.368 e. The number of ether oxygens (including phenoxy) is 1. The van der Waals surface area contributed by atoms with Crippen LogP contribution in [0, 0.1) is 5.92 Å². The zero-order valence-corrected chi connectivity index (χ0v) is 14.2. The molecule has 8 heteroatoms. The molecule has 1 aliphatic carbocycles. The van der Waals surface area contributed by atoms with Crippen molar-refractivity contribution in [2.24, 2.45) is 11.1 Å². The van der Waals surface area contributed by atoms with Crippen LogP contribution in [0.25, 0.3) is 0 Å². The molecule has 0 bridgehead atoms. The minimum absolute atomic E-state index is 0.0441. The Bertz CT molecular complexity index is 612. The third-order valence-corrected chi connectivity index (χ3v) is 6.36. The van der Waals surface area contributed by atoms with E-state index < -0.39 is 10.0 Å². The Balaban J connectivity index is 1.74. The Morgan fingerprint density at radius 3 is 2.77 bits per heavy atom. The van der Waals surface area contributed by atoms with E-state index >= 15 is 0 Å². The van der Waals surface area contributed by atoms with Crippen LogP contribution in [-0.2, 0) is 26.1 Å². The van der Waals surface area contributed by atoms with Crippen molar-refractivity contribution in [1.82, 2.24) is 5.32 Å². The molecule has 1 aliphatic rings. The number of nitrogens with two attached hydrogens (primary N) is 1. The average Bonchev–Trinajstić information content (AvgIpc) is 2.93. The second-order valence-corrected chi connectivity index (χ2v) is 8.61. The number of hydrogen-bond donors (Lipinski definition) is 2. The monoisotopic (exact) mass is 346 g/mol. The molecule has 0 saturated heterocycles. The van der Waals surface area contributed by atoms with Gasteiger partial charge in [0.25, 0.3) is 0 Å². The number of nitrogens with one attached hydrogen (secondary N) is 1. The highest BCUT2D eigenvalue weighted by atomic mass is 32.2. The van der Waals surface area contributed by atoms with E-state index in [4.69, 9.17) is 9.88 Å². The van der Waals surface area contributed by atoms with Gasteiger partial charge >= 0.3 is 0 Å². The van der Waals surface area contributed by atoms with Crippen molar-refractivity contribution < 1.29 is 17.9 Å². The molecule has 1 fully saturated rings. The molecule has 1 aromatic heterocycles. The minimum atomic E-state index is -3.67. The fourth-order valence-electron chi connectivity index (χ4n) is 2.56. The summed E-state index contributed by atoms with van der Waals surface area (Å²) < 4.78 is 28.1. The van der Waals surface area contributed by atoms with Gasteiger partial charge in [-0.1, -0.05) is 19.8 Å². The first-order valence-corrected chi connectivity index (χ1v) is 9.72. The van der Waals surface area contributed by atoms with Gasteiger partial charge in [-0.25, -0.2) is 13.6 Å². The number of sulfonamides is 1. The molecule has 0 aliphatic heterocycles. The van der Waals surface area contributed by atoms with E-state index in [0.717, 1.165) is 35.5 Å². The molecule has 124 valence electrons. The summed E-state index contributed by atoms with van der Waals surface area (Å²) in [4.78, 5) is 12.5. The molecule has 2 atom stereocenters. The van der Waals surface area contributed by atoms with Crippen LogP contribution in [0.1, 0.15) is 37.5 Å². The molecule has 1 amide bonds. The number of rotatable bonds is 6. The van der Waals surface area contributed by atoms with Crippen molar-refractivity contribution in [2.75, 3.05) is 6.61 Å². The minimum Gasteiger partial charge on any atom is -0.368 e. The van der Waals surface area contributed by atoms with E-state index in [1.165, 1.54) is 12.5 Å². The van der Waals surface area contributed by atoms with E-state index in [2.05, 4.69) is 12.2 Å². The lowest BCUT2D eigenvalue weighted by atomic mass is 9.88. The van der Waals surface area contributed by atoms with Gasteiger partial charge in [-0.05, 0) is 30.9 Å². The van der Waals surface area contributed by atoms with Gasteiger partial charge < -0.3 is 10.1 Å². The first kappa shape index (κ1) is 17.4. The van der Waals surface area contributed by atoms with Crippen LogP contribution in [-0.4, -0.2) is 27.0 Å². The Hall–Kier alpha value is -0.960. The second-order valence-electron chi connectivity index (χ2n) is 5.65. The molecule has 1 heterocycles. The summed E-state index contributed by atoms with van der Waals surface area (Å²) in [6.45, 7) is 2.48. The molecule has 1 saturated carbocycles. The quantitative estimate of drug-likeness (QED) is 0.817. The summed E-state index contributed by atoms with van der Waals surface area (Å²) >= 11 is 1.06. The van der Waals surface area contributed by atoms with E-state index in [1.54, 1.807) is 6.07 Å². The number of amides is 1. The number of carbonyl (C=O) groups excluding carboxylic acids is 1. The molecule has 0 spiro atoms. The van der Waals surface area contributed by atoms with Gasteiger partial charge in [0.2, 0.25) is 15.9 Å². The van der Waals surface area contributed by atoms with Crippen molar-refractivity contribution in [3.63, 3.8) is 0 Å². The molecule has 22 heavy (non-hydrogen) atoms. The predicted molar refractivity (Wildman–Crippen MR) is 84.9 cm³/mol. The normalized spacial score (nSPS) is 22.5. The smallest absolute Gasteiger partial charge is 0.247 e. The summed E-state index contributed by atoms with van der Waals surface area (Å²) in [5, 5.41) is 7.77. The summed E-state index contributed by atoms with van der Waals surface area (Å²) in [6, 6.07) is 3.09. The van der Waals surface area contributed by atoms with Crippen molar-refractivity contribution in [2.45, 2.75) is 49.5 Å². The van der Waals surface area contributed by atoms with Gasteiger partial charge in [0.1, 0.15) is 10.8 Å². The first-order chi connectivity index (χ1) is 10.4. The van der Waals surface area contributed by atoms with Gasteiger partial charge in [0.15, 0.2) is 0 Å². The Morgan fingerprint density at radius 1 is 1.41 bits per heavy atom. The molecule has 0 aromatic carbocycles.